The molecule has 5 rings (SSSR count). The van der Waals surface area contributed by atoms with Crippen molar-refractivity contribution < 1.29 is 27.4 Å². The van der Waals surface area contributed by atoms with E-state index in [9.17, 15) is 13.2 Å². The number of benzene rings is 1. The Kier molecular flexibility index (Phi) is 5.71. The Hall–Kier alpha value is -2.04. The number of urea groups is 1. The molecule has 1 saturated carbocycles. The van der Waals surface area contributed by atoms with Gasteiger partial charge in [-0.1, -0.05) is 19.3 Å². The van der Waals surface area contributed by atoms with Crippen LogP contribution in [0, 0.1) is 0 Å². The molecule has 3 heterocycles. The van der Waals surface area contributed by atoms with Gasteiger partial charge in [0.2, 0.25) is 6.79 Å². The summed E-state index contributed by atoms with van der Waals surface area (Å²) < 4.78 is 42.7. The zero-order valence-electron chi connectivity index (χ0n) is 18.4. The predicted molar refractivity (Wildman–Crippen MR) is 119 cm³/mol. The summed E-state index contributed by atoms with van der Waals surface area (Å²) in [6.07, 6.45) is 5.99. The molecular formula is C22H31N3O6S. The molecule has 1 aliphatic carbocycles. The van der Waals surface area contributed by atoms with E-state index in [-0.39, 0.29) is 38.3 Å². The largest absolute Gasteiger partial charge is 0.454 e. The average Bonchev–Trinajstić information content (AvgIpc) is 3.21. The van der Waals surface area contributed by atoms with Crippen molar-refractivity contribution in [2.75, 3.05) is 51.2 Å². The molecule has 4 aliphatic rings. The quantitative estimate of drug-likeness (QED) is 0.727. The van der Waals surface area contributed by atoms with Gasteiger partial charge in [0.1, 0.15) is 5.60 Å². The van der Waals surface area contributed by atoms with Crippen LogP contribution in [0.1, 0.15) is 32.1 Å². The molecule has 176 valence electrons. The van der Waals surface area contributed by atoms with Crippen molar-refractivity contribution in [3.63, 3.8) is 0 Å². The zero-order chi connectivity index (χ0) is 22.3. The van der Waals surface area contributed by atoms with E-state index in [0.717, 1.165) is 12.8 Å². The molecule has 1 atom stereocenters. The van der Waals surface area contributed by atoms with Crippen LogP contribution in [0.5, 0.6) is 11.5 Å². The van der Waals surface area contributed by atoms with Gasteiger partial charge in [-0.25, -0.2) is 13.2 Å². The number of nitrogens with zero attached hydrogens (tertiary/aromatic N) is 2. The third kappa shape index (κ3) is 4.27. The van der Waals surface area contributed by atoms with Gasteiger partial charge in [-0.3, -0.25) is 0 Å². The number of anilines is 1. The number of nitrogens with one attached hydrogen (secondary N) is 1. The number of carbonyl (C=O) groups is 1. The van der Waals surface area contributed by atoms with Gasteiger partial charge < -0.3 is 29.3 Å². The first-order valence-electron chi connectivity index (χ1n) is 11.3. The number of rotatable bonds is 4. The van der Waals surface area contributed by atoms with Crippen molar-refractivity contribution in [2.24, 2.45) is 0 Å². The normalized spacial score (nSPS) is 26.2. The third-order valence-corrected chi connectivity index (χ3v) is 9.34. The van der Waals surface area contributed by atoms with Crippen molar-refractivity contribution >= 4 is 21.6 Å². The first-order chi connectivity index (χ1) is 15.3. The average molecular weight is 466 g/mol. The highest BCUT2D eigenvalue weighted by Crippen LogP contribution is 2.36. The van der Waals surface area contributed by atoms with Crippen LogP contribution < -0.4 is 14.8 Å². The number of amides is 2. The highest BCUT2D eigenvalue weighted by Gasteiger charge is 2.54. The van der Waals surface area contributed by atoms with Gasteiger partial charge in [-0.15, -0.1) is 0 Å². The van der Waals surface area contributed by atoms with Crippen molar-refractivity contribution in [3.05, 3.63) is 18.2 Å². The fourth-order valence-electron chi connectivity index (χ4n) is 5.21. The molecule has 3 aliphatic heterocycles. The molecule has 3 fully saturated rings. The Morgan fingerprint density at radius 2 is 1.94 bits per heavy atom. The topological polar surface area (TPSA) is 97.4 Å². The number of likely N-dealkylation sites (tertiary alicyclic amines) is 1. The molecule has 0 radical (unpaired) electrons. The maximum Gasteiger partial charge on any atom is 0.322 e. The number of fused-ring (bicyclic) bond motifs is 1. The van der Waals surface area contributed by atoms with Crippen LogP contribution in [0.25, 0.3) is 0 Å². The van der Waals surface area contributed by atoms with Crippen molar-refractivity contribution in [1.82, 2.24) is 9.80 Å². The molecule has 0 aromatic heterocycles. The molecule has 1 aromatic carbocycles. The van der Waals surface area contributed by atoms with E-state index in [2.05, 4.69) is 10.2 Å². The second-order valence-electron chi connectivity index (χ2n) is 9.51. The molecular weight excluding hydrogens is 434 g/mol. The molecule has 10 heteroatoms. The summed E-state index contributed by atoms with van der Waals surface area (Å²) in [7, 11) is -1.27. The maximum atomic E-state index is 13.0. The molecule has 9 nitrogen and oxygen atoms in total. The lowest BCUT2D eigenvalue weighted by Crippen LogP contribution is -2.71. The highest BCUT2D eigenvalue weighted by atomic mass is 32.2. The monoisotopic (exact) mass is 465 g/mol. The lowest BCUT2D eigenvalue weighted by Gasteiger charge is -2.52. The second-order valence-corrected chi connectivity index (χ2v) is 11.8. The number of carbonyl (C=O) groups excluding carboxylic acids is 1. The summed E-state index contributed by atoms with van der Waals surface area (Å²) in [6, 6.07) is 5.39. The molecule has 2 amide bonds. The van der Waals surface area contributed by atoms with Gasteiger partial charge >= 0.3 is 6.03 Å². The van der Waals surface area contributed by atoms with E-state index in [1.807, 2.05) is 7.05 Å². The SMILES string of the molecule is CN(C[C@H]1COC2(CN(C(=O)Nc3ccc4c(c3)OCO4)C2)CS1(=O)=O)C1CCCCC1. The van der Waals surface area contributed by atoms with Crippen molar-refractivity contribution in [1.29, 1.82) is 0 Å². The summed E-state index contributed by atoms with van der Waals surface area (Å²) in [6.45, 7) is 1.42. The van der Waals surface area contributed by atoms with E-state index in [1.165, 1.54) is 19.3 Å². The van der Waals surface area contributed by atoms with Gasteiger partial charge in [-0.2, -0.15) is 0 Å². The number of hydrogen-bond acceptors (Lipinski definition) is 7. The van der Waals surface area contributed by atoms with E-state index in [0.29, 0.717) is 29.8 Å². The number of ether oxygens (including phenoxy) is 3. The minimum atomic E-state index is -3.30. The third-order valence-electron chi connectivity index (χ3n) is 7.11. The summed E-state index contributed by atoms with van der Waals surface area (Å²) in [5, 5.41) is 2.32. The van der Waals surface area contributed by atoms with E-state index in [4.69, 9.17) is 14.2 Å². The zero-order valence-corrected chi connectivity index (χ0v) is 19.2. The van der Waals surface area contributed by atoms with Crippen LogP contribution in [0.3, 0.4) is 0 Å². The summed E-state index contributed by atoms with van der Waals surface area (Å²) in [4.78, 5) is 16.4. The Bertz CT molecular complexity index is 972. The summed E-state index contributed by atoms with van der Waals surface area (Å²) >= 11 is 0. The fraction of sp³-hybridized carbons (Fsp3) is 0.682. The highest BCUT2D eigenvalue weighted by molar-refractivity contribution is 7.92. The predicted octanol–water partition coefficient (Wildman–Crippen LogP) is 2.08. The van der Waals surface area contributed by atoms with Crippen LogP contribution in [-0.2, 0) is 14.6 Å². The molecule has 2 saturated heterocycles. The standard InChI is InChI=1S/C22H31N3O6S/c1-24(17-5-3-2-4-6-17)10-18-11-31-22(14-32(18,27)28)12-25(13-22)21(26)23-16-7-8-19-20(9-16)30-15-29-19/h7-9,17-18H,2-6,10-15H2,1H3,(H,23,26)/t18-/m0/s1. The lowest BCUT2D eigenvalue weighted by atomic mass is 9.94. The molecule has 1 N–H and O–H groups in total. The van der Waals surface area contributed by atoms with Gasteiger partial charge in [0.15, 0.2) is 21.3 Å². The Labute approximate surface area is 188 Å². The van der Waals surface area contributed by atoms with Crippen LogP contribution in [0.2, 0.25) is 0 Å². The Morgan fingerprint density at radius 3 is 2.69 bits per heavy atom. The van der Waals surface area contributed by atoms with Crippen LogP contribution in [-0.4, -0.2) is 87.0 Å². The van der Waals surface area contributed by atoms with Crippen molar-refractivity contribution in [2.45, 2.75) is 49.0 Å². The van der Waals surface area contributed by atoms with Crippen molar-refractivity contribution in [3.8, 4) is 11.5 Å². The molecule has 1 spiro atoms. The minimum Gasteiger partial charge on any atom is -0.454 e. The first kappa shape index (κ1) is 21.8. The summed E-state index contributed by atoms with van der Waals surface area (Å²) in [5.74, 6) is 1.21. The Balaban J connectivity index is 1.14. The first-order valence-corrected chi connectivity index (χ1v) is 13.1. The summed E-state index contributed by atoms with van der Waals surface area (Å²) in [5.41, 5.74) is -0.187. The van der Waals surface area contributed by atoms with Gasteiger partial charge in [0.05, 0.1) is 30.7 Å². The molecule has 0 bridgehead atoms. The smallest absolute Gasteiger partial charge is 0.322 e. The van der Waals surface area contributed by atoms with E-state index < -0.39 is 20.7 Å². The fourth-order valence-corrected chi connectivity index (χ4v) is 7.18. The van der Waals surface area contributed by atoms with Crippen LogP contribution in [0.4, 0.5) is 10.5 Å². The number of sulfone groups is 1. The van der Waals surface area contributed by atoms with Crippen LogP contribution >= 0.6 is 0 Å². The molecule has 0 unspecified atom stereocenters. The van der Waals surface area contributed by atoms with Gasteiger partial charge in [-0.05, 0) is 32.0 Å². The Morgan fingerprint density at radius 1 is 1.19 bits per heavy atom. The van der Waals surface area contributed by atoms with Gasteiger partial charge in [0.25, 0.3) is 0 Å². The second kappa shape index (κ2) is 8.39. The minimum absolute atomic E-state index is 0.0308. The van der Waals surface area contributed by atoms with Gasteiger partial charge in [0, 0.05) is 24.3 Å². The lowest BCUT2D eigenvalue weighted by molar-refractivity contribution is -0.117. The number of hydrogen-bond donors (Lipinski definition) is 1. The van der Waals surface area contributed by atoms with E-state index in [1.54, 1.807) is 23.1 Å². The molecule has 32 heavy (non-hydrogen) atoms. The van der Waals surface area contributed by atoms with Crippen LogP contribution in [0.15, 0.2) is 18.2 Å². The van der Waals surface area contributed by atoms with E-state index >= 15 is 0 Å². The maximum absolute atomic E-state index is 13.0. The molecule has 1 aromatic rings.